The fourth-order valence-electron chi connectivity index (χ4n) is 4.07. The van der Waals surface area contributed by atoms with Crippen LogP contribution in [0.2, 0.25) is 0 Å². The van der Waals surface area contributed by atoms with Crippen molar-refractivity contribution in [2.45, 2.75) is 44.0 Å². The molecular formula is C19H22F2N2O5. The van der Waals surface area contributed by atoms with Crippen LogP contribution in [-0.4, -0.2) is 57.1 Å². The first-order valence-electron chi connectivity index (χ1n) is 9.39. The topological polar surface area (TPSA) is 68.3 Å². The lowest BCUT2D eigenvalue weighted by molar-refractivity contribution is -0.141. The van der Waals surface area contributed by atoms with Crippen molar-refractivity contribution in [2.75, 3.05) is 36.5 Å². The molecule has 4 rings (SSSR count). The van der Waals surface area contributed by atoms with Gasteiger partial charge in [-0.25, -0.2) is 13.6 Å². The molecule has 28 heavy (non-hydrogen) atoms. The third-order valence-corrected chi connectivity index (χ3v) is 5.45. The van der Waals surface area contributed by atoms with Gasteiger partial charge in [-0.3, -0.25) is 9.69 Å². The number of hydrogen-bond acceptors (Lipinski definition) is 6. The fourth-order valence-corrected chi connectivity index (χ4v) is 4.07. The zero-order valence-corrected chi connectivity index (χ0v) is 15.5. The monoisotopic (exact) mass is 396 g/mol. The zero-order valence-electron chi connectivity index (χ0n) is 15.5. The minimum Gasteiger partial charge on any atom is -0.469 e. The summed E-state index contributed by atoms with van der Waals surface area (Å²) in [5.41, 5.74) is 0.0132. The third kappa shape index (κ3) is 3.63. The van der Waals surface area contributed by atoms with Crippen LogP contribution in [0.3, 0.4) is 0 Å². The van der Waals surface area contributed by atoms with Gasteiger partial charge in [-0.2, -0.15) is 0 Å². The summed E-state index contributed by atoms with van der Waals surface area (Å²) < 4.78 is 45.0. The van der Waals surface area contributed by atoms with Crippen molar-refractivity contribution < 1.29 is 32.6 Å². The summed E-state index contributed by atoms with van der Waals surface area (Å²) >= 11 is 0. The number of carbonyl (C=O) groups is 2. The molecule has 9 heteroatoms. The van der Waals surface area contributed by atoms with Gasteiger partial charge in [-0.15, -0.1) is 0 Å². The Labute approximate surface area is 161 Å². The highest BCUT2D eigenvalue weighted by molar-refractivity contribution is 5.90. The van der Waals surface area contributed by atoms with E-state index in [1.807, 2.05) is 0 Å². The van der Waals surface area contributed by atoms with Crippen LogP contribution in [0, 0.1) is 11.6 Å². The molecule has 0 saturated carbocycles. The summed E-state index contributed by atoms with van der Waals surface area (Å²) in [6.45, 7) is 1.02. The molecule has 2 bridgehead atoms. The lowest BCUT2D eigenvalue weighted by Crippen LogP contribution is -2.43. The van der Waals surface area contributed by atoms with Crippen LogP contribution < -0.4 is 9.80 Å². The van der Waals surface area contributed by atoms with Crippen molar-refractivity contribution in [1.82, 2.24) is 0 Å². The molecular weight excluding hydrogens is 374 g/mol. The van der Waals surface area contributed by atoms with Gasteiger partial charge in [0.15, 0.2) is 11.6 Å². The molecule has 152 valence electrons. The molecule has 3 atom stereocenters. The first-order valence-corrected chi connectivity index (χ1v) is 9.39. The van der Waals surface area contributed by atoms with Crippen molar-refractivity contribution in [1.29, 1.82) is 0 Å². The number of rotatable bonds is 5. The molecule has 0 aromatic heterocycles. The van der Waals surface area contributed by atoms with Crippen molar-refractivity contribution >= 4 is 23.4 Å². The summed E-state index contributed by atoms with van der Waals surface area (Å²) in [5, 5.41) is 0. The van der Waals surface area contributed by atoms with Crippen LogP contribution in [-0.2, 0) is 19.0 Å². The standard InChI is InChI=1S/C19H22F2N2O5/c1-26-17(24)5-4-14-10-23(19(25)28-14)11-6-15(20)18(16(21)7-11)22-8-12-2-3-13(9-22)27-12/h6-7,12-14H,2-5,8-10H2,1H3/t12?,13?,14-/m0/s1. The molecule has 2 unspecified atom stereocenters. The van der Waals surface area contributed by atoms with E-state index in [0.29, 0.717) is 13.1 Å². The Bertz CT molecular complexity index is 755. The van der Waals surface area contributed by atoms with E-state index < -0.39 is 29.8 Å². The largest absolute Gasteiger partial charge is 0.469 e. The molecule has 0 aliphatic carbocycles. The molecule has 3 aliphatic rings. The highest BCUT2D eigenvalue weighted by Crippen LogP contribution is 2.35. The molecule has 1 aromatic rings. The average molecular weight is 396 g/mol. The number of esters is 1. The summed E-state index contributed by atoms with van der Waals surface area (Å²) in [5.74, 6) is -1.85. The number of amides is 1. The molecule has 1 aromatic carbocycles. The molecule has 0 spiro atoms. The normalized spacial score (nSPS) is 26.5. The Morgan fingerprint density at radius 3 is 2.43 bits per heavy atom. The van der Waals surface area contributed by atoms with Crippen LogP contribution in [0.15, 0.2) is 12.1 Å². The van der Waals surface area contributed by atoms with Gasteiger partial charge in [-0.1, -0.05) is 0 Å². The highest BCUT2D eigenvalue weighted by Gasteiger charge is 2.37. The second-order valence-electron chi connectivity index (χ2n) is 7.35. The van der Waals surface area contributed by atoms with E-state index in [-0.39, 0.29) is 43.0 Å². The molecule has 3 saturated heterocycles. The first kappa shape index (κ1) is 18.9. The molecule has 3 aliphatic heterocycles. The SMILES string of the molecule is COC(=O)CC[C@H]1CN(c2cc(F)c(N3CC4CCC(C3)O4)c(F)c2)C(=O)O1. The van der Waals surface area contributed by atoms with E-state index >= 15 is 0 Å². The lowest BCUT2D eigenvalue weighted by Gasteiger charge is -2.34. The maximum absolute atomic E-state index is 14.8. The second-order valence-corrected chi connectivity index (χ2v) is 7.35. The van der Waals surface area contributed by atoms with Gasteiger partial charge in [0.05, 0.1) is 31.5 Å². The molecule has 7 nitrogen and oxygen atoms in total. The van der Waals surface area contributed by atoms with E-state index in [0.717, 1.165) is 25.0 Å². The maximum Gasteiger partial charge on any atom is 0.414 e. The van der Waals surface area contributed by atoms with Crippen LogP contribution in [0.1, 0.15) is 25.7 Å². The van der Waals surface area contributed by atoms with Gasteiger partial charge in [0.2, 0.25) is 0 Å². The highest BCUT2D eigenvalue weighted by atomic mass is 19.1. The number of morpholine rings is 1. The molecule has 0 radical (unpaired) electrons. The van der Waals surface area contributed by atoms with Crippen LogP contribution in [0.5, 0.6) is 0 Å². The Morgan fingerprint density at radius 1 is 1.18 bits per heavy atom. The molecule has 3 heterocycles. The number of halogens is 2. The number of ether oxygens (including phenoxy) is 3. The minimum atomic E-state index is -0.720. The van der Waals surface area contributed by atoms with E-state index in [1.54, 1.807) is 4.90 Å². The Hall–Kier alpha value is -2.42. The summed E-state index contributed by atoms with van der Waals surface area (Å²) in [6.07, 6.45) is 0.961. The van der Waals surface area contributed by atoms with Crippen LogP contribution in [0.25, 0.3) is 0 Å². The summed E-state index contributed by atoms with van der Waals surface area (Å²) in [7, 11) is 1.28. The van der Waals surface area contributed by atoms with Gasteiger partial charge in [0.25, 0.3) is 0 Å². The predicted molar refractivity (Wildman–Crippen MR) is 95.3 cm³/mol. The van der Waals surface area contributed by atoms with Gasteiger partial charge in [-0.05, 0) is 19.3 Å². The minimum absolute atomic E-state index is 0.00125. The van der Waals surface area contributed by atoms with Gasteiger partial charge >= 0.3 is 12.1 Å². The van der Waals surface area contributed by atoms with Crippen molar-refractivity contribution in [3.05, 3.63) is 23.8 Å². The van der Waals surface area contributed by atoms with Gasteiger partial charge < -0.3 is 19.1 Å². The molecule has 1 amide bonds. The van der Waals surface area contributed by atoms with Crippen molar-refractivity contribution in [2.24, 2.45) is 0 Å². The van der Waals surface area contributed by atoms with E-state index in [1.165, 1.54) is 12.0 Å². The maximum atomic E-state index is 14.8. The third-order valence-electron chi connectivity index (χ3n) is 5.45. The Kier molecular flexibility index (Phi) is 5.09. The summed E-state index contributed by atoms with van der Waals surface area (Å²) in [6, 6.07) is 2.31. The van der Waals surface area contributed by atoms with Gasteiger partial charge in [0.1, 0.15) is 11.8 Å². The second kappa shape index (κ2) is 7.54. The number of fused-ring (bicyclic) bond motifs is 2. The lowest BCUT2D eigenvalue weighted by atomic mass is 10.1. The van der Waals surface area contributed by atoms with Crippen molar-refractivity contribution in [3.8, 4) is 0 Å². The fraction of sp³-hybridized carbons (Fsp3) is 0.579. The molecule has 3 fully saturated rings. The smallest absolute Gasteiger partial charge is 0.414 e. The van der Waals surface area contributed by atoms with Crippen LogP contribution >= 0.6 is 0 Å². The quantitative estimate of drug-likeness (QED) is 0.713. The Balaban J connectivity index is 1.48. The van der Waals surface area contributed by atoms with E-state index in [9.17, 15) is 18.4 Å². The number of carbonyl (C=O) groups excluding carboxylic acids is 2. The first-order chi connectivity index (χ1) is 13.4. The number of methoxy groups -OCH3 is 1. The number of benzene rings is 1. The number of anilines is 2. The summed E-state index contributed by atoms with van der Waals surface area (Å²) in [4.78, 5) is 26.2. The van der Waals surface area contributed by atoms with Crippen molar-refractivity contribution in [3.63, 3.8) is 0 Å². The van der Waals surface area contributed by atoms with E-state index in [2.05, 4.69) is 4.74 Å². The van der Waals surface area contributed by atoms with Crippen LogP contribution in [0.4, 0.5) is 25.0 Å². The molecule has 0 N–H and O–H groups in total. The van der Waals surface area contributed by atoms with Gasteiger partial charge in [0, 0.05) is 31.6 Å². The zero-order chi connectivity index (χ0) is 19.8. The number of hydrogen-bond donors (Lipinski definition) is 0. The number of nitrogens with zero attached hydrogens (tertiary/aromatic N) is 2. The predicted octanol–water partition coefficient (Wildman–Crippen LogP) is 2.61. The van der Waals surface area contributed by atoms with E-state index in [4.69, 9.17) is 9.47 Å². The average Bonchev–Trinajstić information content (AvgIpc) is 3.20. The Morgan fingerprint density at radius 2 is 1.82 bits per heavy atom. The number of cyclic esters (lactones) is 1.